The number of carbonyl (C=O) groups excluding carboxylic acids is 1. The number of fused-ring (bicyclic) bond motifs is 1. The fourth-order valence-electron chi connectivity index (χ4n) is 3.78. The molecule has 0 aliphatic carbocycles. The molecule has 0 bridgehead atoms. The number of carbonyl (C=O) groups is 1. The Morgan fingerprint density at radius 3 is 2.70 bits per heavy atom. The van der Waals surface area contributed by atoms with Crippen LogP contribution in [0.4, 0.5) is 11.6 Å². The van der Waals surface area contributed by atoms with Crippen molar-refractivity contribution >= 4 is 39.2 Å². The van der Waals surface area contributed by atoms with Gasteiger partial charge in [-0.2, -0.15) is 0 Å². The summed E-state index contributed by atoms with van der Waals surface area (Å²) in [6.45, 7) is 5.81. The zero-order chi connectivity index (χ0) is 21.4. The Labute approximate surface area is 182 Å². The van der Waals surface area contributed by atoms with Crippen LogP contribution >= 0.6 is 15.9 Å². The largest absolute Gasteiger partial charge is 0.496 e. The summed E-state index contributed by atoms with van der Waals surface area (Å²) in [5, 5.41) is 14.9. The van der Waals surface area contributed by atoms with Gasteiger partial charge in [-0.05, 0) is 55.0 Å². The number of ether oxygens (including phenoxy) is 1. The molecule has 1 aliphatic heterocycles. The molecule has 4 rings (SSSR count). The number of halogens is 1. The molecule has 0 spiro atoms. The van der Waals surface area contributed by atoms with Crippen LogP contribution in [-0.4, -0.2) is 38.9 Å². The predicted molar refractivity (Wildman–Crippen MR) is 117 cm³/mol. The molecule has 0 fully saturated rings. The van der Waals surface area contributed by atoms with Gasteiger partial charge in [0.25, 0.3) is 5.95 Å². The number of benzene rings is 2. The van der Waals surface area contributed by atoms with Crippen LogP contribution in [0.2, 0.25) is 0 Å². The lowest BCUT2D eigenvalue weighted by atomic mass is 9.87. The van der Waals surface area contributed by atoms with Crippen LogP contribution in [0, 0.1) is 19.8 Å². The van der Waals surface area contributed by atoms with Crippen LogP contribution in [0.15, 0.2) is 45.9 Å². The summed E-state index contributed by atoms with van der Waals surface area (Å²) < 4.78 is 8.05. The van der Waals surface area contributed by atoms with Crippen LogP contribution < -0.4 is 10.1 Å². The van der Waals surface area contributed by atoms with E-state index in [0.29, 0.717) is 17.4 Å². The topological polar surface area (TPSA) is 94.3 Å². The molecule has 2 aromatic carbocycles. The van der Waals surface area contributed by atoms with Crippen LogP contribution in [0.5, 0.6) is 5.75 Å². The molecule has 30 heavy (non-hydrogen) atoms. The molecule has 0 saturated carbocycles. The maximum Gasteiger partial charge on any atom is 0.269 e. The molecular formula is C21H21BrN6O2. The van der Waals surface area contributed by atoms with E-state index in [2.05, 4.69) is 41.8 Å². The second-order valence-electron chi connectivity index (χ2n) is 7.29. The van der Waals surface area contributed by atoms with Crippen LogP contribution in [0.1, 0.15) is 29.7 Å². The first-order valence-electron chi connectivity index (χ1n) is 9.43. The van der Waals surface area contributed by atoms with E-state index in [9.17, 15) is 4.79 Å². The van der Waals surface area contributed by atoms with Gasteiger partial charge in [0.2, 0.25) is 5.91 Å². The first-order valence-corrected chi connectivity index (χ1v) is 10.2. The number of hydrogen-bond donors (Lipinski definition) is 1. The number of anilines is 1. The van der Waals surface area contributed by atoms with Gasteiger partial charge in [0, 0.05) is 21.4 Å². The Morgan fingerprint density at radius 1 is 1.17 bits per heavy atom. The fourth-order valence-corrected chi connectivity index (χ4v) is 4.12. The number of tetrazole rings is 1. The van der Waals surface area contributed by atoms with Crippen LogP contribution in [-0.2, 0) is 4.79 Å². The lowest BCUT2D eigenvalue weighted by molar-refractivity contribution is -0.118. The van der Waals surface area contributed by atoms with Crippen molar-refractivity contribution in [3.8, 4) is 5.75 Å². The highest BCUT2D eigenvalue weighted by atomic mass is 79.9. The van der Waals surface area contributed by atoms with Gasteiger partial charge in [-0.1, -0.05) is 44.8 Å². The van der Waals surface area contributed by atoms with Gasteiger partial charge in [-0.3, -0.25) is 4.79 Å². The van der Waals surface area contributed by atoms with Gasteiger partial charge >= 0.3 is 0 Å². The zero-order valence-corrected chi connectivity index (χ0v) is 18.6. The lowest BCUT2D eigenvalue weighted by Gasteiger charge is -2.30. The van der Waals surface area contributed by atoms with Crippen molar-refractivity contribution < 1.29 is 9.53 Å². The summed E-state index contributed by atoms with van der Waals surface area (Å²) in [5.41, 5.74) is 4.33. The van der Waals surface area contributed by atoms with Crippen molar-refractivity contribution in [1.29, 1.82) is 0 Å². The number of aryl methyl sites for hydroxylation is 2. The lowest BCUT2D eigenvalue weighted by Crippen LogP contribution is -2.39. The fraction of sp³-hybridized carbons (Fsp3) is 0.286. The molecule has 1 aromatic heterocycles. The minimum Gasteiger partial charge on any atom is -0.496 e. The third-order valence-corrected chi connectivity index (χ3v) is 5.71. The second-order valence-corrected chi connectivity index (χ2v) is 8.21. The molecule has 2 heterocycles. The van der Waals surface area contributed by atoms with Crippen molar-refractivity contribution in [3.05, 3.63) is 57.6 Å². The monoisotopic (exact) mass is 468 g/mol. The number of nitrogens with one attached hydrogen (secondary N) is 1. The maximum atomic E-state index is 13.5. The van der Waals surface area contributed by atoms with E-state index in [1.165, 1.54) is 0 Å². The molecule has 3 aromatic rings. The SMILES string of the molecule is COc1cc(Br)ccc1C1C(C(=O)Nc2ccc(C)cc2C)C(C)=Nc2nnnn21. The van der Waals surface area contributed by atoms with Gasteiger partial charge in [-0.15, -0.1) is 0 Å². The quantitative estimate of drug-likeness (QED) is 0.623. The van der Waals surface area contributed by atoms with E-state index >= 15 is 0 Å². The molecule has 2 unspecified atom stereocenters. The third kappa shape index (κ3) is 3.60. The highest BCUT2D eigenvalue weighted by Crippen LogP contribution is 2.40. The molecule has 8 nitrogen and oxygen atoms in total. The van der Waals surface area contributed by atoms with E-state index in [0.717, 1.165) is 26.9 Å². The number of nitrogens with zero attached hydrogens (tertiary/aromatic N) is 5. The highest BCUT2D eigenvalue weighted by molar-refractivity contribution is 9.10. The molecule has 2 atom stereocenters. The van der Waals surface area contributed by atoms with Crippen molar-refractivity contribution in [2.75, 3.05) is 12.4 Å². The van der Waals surface area contributed by atoms with Crippen molar-refractivity contribution in [2.24, 2.45) is 10.9 Å². The van der Waals surface area contributed by atoms with Crippen molar-refractivity contribution in [1.82, 2.24) is 20.2 Å². The van der Waals surface area contributed by atoms with E-state index in [4.69, 9.17) is 4.74 Å². The Hall–Kier alpha value is -3.07. The van der Waals surface area contributed by atoms with E-state index < -0.39 is 12.0 Å². The first kappa shape index (κ1) is 20.2. The summed E-state index contributed by atoms with van der Waals surface area (Å²) in [7, 11) is 1.60. The maximum absolute atomic E-state index is 13.5. The summed E-state index contributed by atoms with van der Waals surface area (Å²) in [6, 6.07) is 11.1. The summed E-state index contributed by atoms with van der Waals surface area (Å²) in [6.07, 6.45) is 0. The van der Waals surface area contributed by atoms with Crippen molar-refractivity contribution in [3.63, 3.8) is 0 Å². The highest BCUT2D eigenvalue weighted by Gasteiger charge is 2.40. The van der Waals surface area contributed by atoms with Crippen LogP contribution in [0.25, 0.3) is 0 Å². The molecule has 1 aliphatic rings. The molecule has 1 N–H and O–H groups in total. The number of amides is 1. The summed E-state index contributed by atoms with van der Waals surface area (Å²) in [5.74, 6) is 0.198. The molecule has 9 heteroatoms. The molecule has 1 amide bonds. The second kappa shape index (κ2) is 7.98. The van der Waals surface area contributed by atoms with Gasteiger partial charge in [0.15, 0.2) is 0 Å². The van der Waals surface area contributed by atoms with Gasteiger partial charge in [0.1, 0.15) is 17.7 Å². The molecule has 154 valence electrons. The van der Waals surface area contributed by atoms with Crippen molar-refractivity contribution in [2.45, 2.75) is 26.8 Å². The summed E-state index contributed by atoms with van der Waals surface area (Å²) >= 11 is 3.47. The Kier molecular flexibility index (Phi) is 5.38. The Morgan fingerprint density at radius 2 is 1.97 bits per heavy atom. The average Bonchev–Trinajstić information content (AvgIpc) is 3.17. The van der Waals surface area contributed by atoms with E-state index in [-0.39, 0.29) is 5.91 Å². The molecule has 0 saturated heterocycles. The minimum absolute atomic E-state index is 0.181. The minimum atomic E-state index is -0.614. The van der Waals surface area contributed by atoms with Gasteiger partial charge in [0.05, 0.1) is 7.11 Å². The van der Waals surface area contributed by atoms with Crippen LogP contribution in [0.3, 0.4) is 0 Å². The number of methoxy groups -OCH3 is 1. The number of aliphatic imine (C=N–C) groups is 1. The average molecular weight is 469 g/mol. The first-order chi connectivity index (χ1) is 14.4. The molecular weight excluding hydrogens is 448 g/mol. The third-order valence-electron chi connectivity index (χ3n) is 5.22. The van der Waals surface area contributed by atoms with E-state index in [1.54, 1.807) is 11.8 Å². The predicted octanol–water partition coefficient (Wildman–Crippen LogP) is 4.01. The Balaban J connectivity index is 1.79. The number of aromatic nitrogens is 4. The number of rotatable bonds is 4. The van der Waals surface area contributed by atoms with Gasteiger partial charge < -0.3 is 10.1 Å². The Bertz CT molecular complexity index is 1160. The van der Waals surface area contributed by atoms with Gasteiger partial charge in [-0.25, -0.2) is 9.67 Å². The normalized spacial score (nSPS) is 17.8. The summed E-state index contributed by atoms with van der Waals surface area (Å²) in [4.78, 5) is 17.9. The standard InChI is InChI=1S/C21H21BrN6O2/c1-11-5-8-16(12(2)9-11)24-20(29)18-13(3)23-21-25-26-27-28(21)19(18)15-7-6-14(22)10-17(15)30-4/h5-10,18-19H,1-4H3,(H,24,29). The number of hydrogen-bond acceptors (Lipinski definition) is 6. The van der Waals surface area contributed by atoms with E-state index in [1.807, 2.05) is 57.2 Å². The molecule has 0 radical (unpaired) electrons. The zero-order valence-electron chi connectivity index (χ0n) is 17.0. The smallest absolute Gasteiger partial charge is 0.269 e.